The van der Waals surface area contributed by atoms with E-state index in [0.29, 0.717) is 24.7 Å². The number of hydrogen-bond donors (Lipinski definition) is 0. The number of carbonyl (C=O) groups is 1. The van der Waals surface area contributed by atoms with Crippen LogP contribution in [0.5, 0.6) is 0 Å². The minimum absolute atomic E-state index is 0.0991. The second-order valence-electron chi connectivity index (χ2n) is 5.40. The Morgan fingerprint density at radius 3 is 2.94 bits per heavy atom. The van der Waals surface area contributed by atoms with E-state index < -0.39 is 0 Å². The molecular formula is C15H20FNO. The Balaban J connectivity index is 2.02. The SMILES string of the molecule is CC1CCC(=O)C(CN(C)c2cccc(F)c2)C1. The second-order valence-corrected chi connectivity index (χ2v) is 5.40. The molecule has 18 heavy (non-hydrogen) atoms. The van der Waals surface area contributed by atoms with Crippen LogP contribution in [0.3, 0.4) is 0 Å². The summed E-state index contributed by atoms with van der Waals surface area (Å²) in [6.45, 7) is 2.88. The molecule has 0 heterocycles. The van der Waals surface area contributed by atoms with Gasteiger partial charge in [-0.15, -0.1) is 0 Å². The van der Waals surface area contributed by atoms with Crippen molar-refractivity contribution < 1.29 is 9.18 Å². The molecule has 1 aromatic carbocycles. The predicted molar refractivity (Wildman–Crippen MR) is 71.2 cm³/mol. The van der Waals surface area contributed by atoms with Gasteiger partial charge in [0.1, 0.15) is 11.6 Å². The summed E-state index contributed by atoms with van der Waals surface area (Å²) in [6, 6.07) is 6.52. The molecule has 0 radical (unpaired) electrons. The van der Waals surface area contributed by atoms with E-state index in [4.69, 9.17) is 0 Å². The van der Waals surface area contributed by atoms with E-state index >= 15 is 0 Å². The van der Waals surface area contributed by atoms with Gasteiger partial charge in [-0.3, -0.25) is 4.79 Å². The van der Waals surface area contributed by atoms with Crippen LogP contribution in [0.2, 0.25) is 0 Å². The molecule has 0 spiro atoms. The average Bonchev–Trinajstić information content (AvgIpc) is 2.34. The van der Waals surface area contributed by atoms with Crippen LogP contribution in [-0.2, 0) is 4.79 Å². The quantitative estimate of drug-likeness (QED) is 0.819. The van der Waals surface area contributed by atoms with Crippen molar-refractivity contribution in [2.45, 2.75) is 26.2 Å². The third-order valence-corrected chi connectivity index (χ3v) is 3.77. The number of benzene rings is 1. The number of anilines is 1. The van der Waals surface area contributed by atoms with Gasteiger partial charge in [0.15, 0.2) is 0 Å². The number of carbonyl (C=O) groups excluding carboxylic acids is 1. The van der Waals surface area contributed by atoms with Crippen molar-refractivity contribution in [3.05, 3.63) is 30.1 Å². The first-order valence-corrected chi connectivity index (χ1v) is 6.55. The van der Waals surface area contributed by atoms with Crippen molar-refractivity contribution in [3.63, 3.8) is 0 Å². The maximum Gasteiger partial charge on any atom is 0.137 e. The summed E-state index contributed by atoms with van der Waals surface area (Å²) >= 11 is 0. The van der Waals surface area contributed by atoms with E-state index in [1.165, 1.54) is 12.1 Å². The number of halogens is 1. The molecule has 98 valence electrons. The molecule has 0 amide bonds. The van der Waals surface area contributed by atoms with Crippen LogP contribution >= 0.6 is 0 Å². The van der Waals surface area contributed by atoms with Gasteiger partial charge in [0.25, 0.3) is 0 Å². The summed E-state index contributed by atoms with van der Waals surface area (Å²) in [4.78, 5) is 13.8. The summed E-state index contributed by atoms with van der Waals surface area (Å²) in [6.07, 6.45) is 2.67. The minimum atomic E-state index is -0.234. The third kappa shape index (κ3) is 3.09. The van der Waals surface area contributed by atoms with Crippen LogP contribution in [0.4, 0.5) is 10.1 Å². The van der Waals surface area contributed by atoms with Gasteiger partial charge in [-0.2, -0.15) is 0 Å². The Hall–Kier alpha value is -1.38. The van der Waals surface area contributed by atoms with Crippen molar-refractivity contribution >= 4 is 11.5 Å². The van der Waals surface area contributed by atoms with Crippen molar-refractivity contribution in [3.8, 4) is 0 Å². The monoisotopic (exact) mass is 249 g/mol. The molecule has 3 heteroatoms. The maximum atomic E-state index is 13.2. The lowest BCUT2D eigenvalue weighted by Crippen LogP contribution is -2.34. The molecule has 1 aromatic rings. The van der Waals surface area contributed by atoms with Crippen molar-refractivity contribution in [2.75, 3.05) is 18.5 Å². The Labute approximate surface area is 108 Å². The highest BCUT2D eigenvalue weighted by Gasteiger charge is 2.27. The van der Waals surface area contributed by atoms with E-state index in [2.05, 4.69) is 6.92 Å². The van der Waals surface area contributed by atoms with Gasteiger partial charge in [-0.25, -0.2) is 4.39 Å². The second kappa shape index (κ2) is 5.51. The van der Waals surface area contributed by atoms with Gasteiger partial charge in [-0.05, 0) is 37.0 Å². The Morgan fingerprint density at radius 2 is 2.22 bits per heavy atom. The summed E-state index contributed by atoms with van der Waals surface area (Å²) in [5, 5.41) is 0. The average molecular weight is 249 g/mol. The molecule has 1 aliphatic rings. The van der Waals surface area contributed by atoms with E-state index in [1.54, 1.807) is 6.07 Å². The van der Waals surface area contributed by atoms with Crippen LogP contribution in [0.15, 0.2) is 24.3 Å². The number of ketones is 1. The van der Waals surface area contributed by atoms with Crippen LogP contribution in [-0.4, -0.2) is 19.4 Å². The topological polar surface area (TPSA) is 20.3 Å². The molecule has 0 saturated heterocycles. The Kier molecular flexibility index (Phi) is 4.00. The largest absolute Gasteiger partial charge is 0.374 e. The molecule has 2 nitrogen and oxygen atoms in total. The first-order chi connectivity index (χ1) is 8.56. The molecule has 2 atom stereocenters. The highest BCUT2D eigenvalue weighted by molar-refractivity contribution is 5.82. The highest BCUT2D eigenvalue weighted by Crippen LogP contribution is 2.27. The number of nitrogens with zero attached hydrogens (tertiary/aromatic N) is 1. The van der Waals surface area contributed by atoms with Crippen LogP contribution in [0, 0.1) is 17.7 Å². The number of rotatable bonds is 3. The maximum absolute atomic E-state index is 13.2. The fraction of sp³-hybridized carbons (Fsp3) is 0.533. The summed E-state index contributed by atoms with van der Waals surface area (Å²) < 4.78 is 13.2. The van der Waals surface area contributed by atoms with Gasteiger partial charge >= 0.3 is 0 Å². The standard InChI is InChI=1S/C15H20FNO/c1-11-6-7-15(18)12(8-11)10-17(2)14-5-3-4-13(16)9-14/h3-5,9,11-12H,6-8,10H2,1-2H3. The first-order valence-electron chi connectivity index (χ1n) is 6.55. The van der Waals surface area contributed by atoms with Crippen molar-refractivity contribution in [1.29, 1.82) is 0 Å². The van der Waals surface area contributed by atoms with Crippen LogP contribution < -0.4 is 4.90 Å². The number of Topliss-reactive ketones (excluding diaryl/α,β-unsaturated/α-hetero) is 1. The Morgan fingerprint density at radius 1 is 1.44 bits per heavy atom. The summed E-state index contributed by atoms with van der Waals surface area (Å²) in [5.74, 6) is 0.842. The van der Waals surface area contributed by atoms with E-state index in [9.17, 15) is 9.18 Å². The molecule has 2 rings (SSSR count). The number of hydrogen-bond acceptors (Lipinski definition) is 2. The molecule has 0 aromatic heterocycles. The lowest BCUT2D eigenvalue weighted by molar-refractivity contribution is -0.125. The molecule has 0 N–H and O–H groups in total. The smallest absolute Gasteiger partial charge is 0.137 e. The van der Waals surface area contributed by atoms with E-state index in [0.717, 1.165) is 18.5 Å². The van der Waals surface area contributed by atoms with Gasteiger partial charge in [-0.1, -0.05) is 13.0 Å². The summed E-state index contributed by atoms with van der Waals surface area (Å²) in [5.41, 5.74) is 0.834. The van der Waals surface area contributed by atoms with E-state index in [-0.39, 0.29) is 11.7 Å². The molecule has 1 saturated carbocycles. The van der Waals surface area contributed by atoms with Gasteiger partial charge in [0, 0.05) is 31.6 Å². The van der Waals surface area contributed by atoms with E-state index in [1.807, 2.05) is 18.0 Å². The van der Waals surface area contributed by atoms with Gasteiger partial charge in [0.2, 0.25) is 0 Å². The molecule has 0 bridgehead atoms. The minimum Gasteiger partial charge on any atom is -0.374 e. The predicted octanol–water partition coefficient (Wildman–Crippen LogP) is 3.27. The van der Waals surface area contributed by atoms with Crippen LogP contribution in [0.1, 0.15) is 26.2 Å². The fourth-order valence-electron chi connectivity index (χ4n) is 2.65. The van der Waals surface area contributed by atoms with Crippen molar-refractivity contribution in [1.82, 2.24) is 0 Å². The zero-order valence-electron chi connectivity index (χ0n) is 11.0. The lowest BCUT2D eigenvalue weighted by atomic mass is 9.81. The normalized spacial score (nSPS) is 24.1. The third-order valence-electron chi connectivity index (χ3n) is 3.77. The van der Waals surface area contributed by atoms with Crippen molar-refractivity contribution in [2.24, 2.45) is 11.8 Å². The lowest BCUT2D eigenvalue weighted by Gasteiger charge is -2.30. The zero-order chi connectivity index (χ0) is 13.1. The van der Waals surface area contributed by atoms with Gasteiger partial charge < -0.3 is 4.90 Å². The van der Waals surface area contributed by atoms with Gasteiger partial charge in [0.05, 0.1) is 0 Å². The molecule has 1 fully saturated rings. The zero-order valence-corrected chi connectivity index (χ0v) is 11.0. The molecule has 0 aliphatic heterocycles. The molecule has 1 aliphatic carbocycles. The molecule has 2 unspecified atom stereocenters. The molecular weight excluding hydrogens is 229 g/mol. The summed E-state index contributed by atoms with van der Waals surface area (Å²) in [7, 11) is 1.92. The fourth-order valence-corrected chi connectivity index (χ4v) is 2.65. The highest BCUT2D eigenvalue weighted by atomic mass is 19.1. The Bertz CT molecular complexity index is 432. The first kappa shape index (κ1) is 13.1. The van der Waals surface area contributed by atoms with Crippen LogP contribution in [0.25, 0.3) is 0 Å².